The van der Waals surface area contributed by atoms with E-state index in [4.69, 9.17) is 4.74 Å². The molecule has 0 saturated carbocycles. The number of benzene rings is 1. The largest absolute Gasteiger partial charge is 0.416 e. The van der Waals surface area contributed by atoms with Gasteiger partial charge in [-0.15, -0.1) is 0 Å². The van der Waals surface area contributed by atoms with Crippen molar-refractivity contribution in [3.8, 4) is 0 Å². The van der Waals surface area contributed by atoms with Crippen LogP contribution in [0.1, 0.15) is 17.2 Å². The smallest absolute Gasteiger partial charge is 0.383 e. The van der Waals surface area contributed by atoms with Crippen LogP contribution in [-0.2, 0) is 10.9 Å². The van der Waals surface area contributed by atoms with Gasteiger partial charge in [-0.1, -0.05) is 18.2 Å². The monoisotopic (exact) mass is 233 g/mol. The molecule has 1 aromatic rings. The summed E-state index contributed by atoms with van der Waals surface area (Å²) in [6, 6.07) is 5.05. The first kappa shape index (κ1) is 13.0. The van der Waals surface area contributed by atoms with Gasteiger partial charge in [-0.05, 0) is 18.7 Å². The van der Waals surface area contributed by atoms with Gasteiger partial charge in [0.1, 0.15) is 0 Å². The van der Waals surface area contributed by atoms with Gasteiger partial charge < -0.3 is 10.1 Å². The standard InChI is InChI=1S/C11H14F3NO/c1-15-10(7-16-2)8-5-3-4-6-9(8)11(12,13)14/h3-6,10,15H,7H2,1-2H3. The van der Waals surface area contributed by atoms with E-state index in [9.17, 15) is 13.2 Å². The summed E-state index contributed by atoms with van der Waals surface area (Å²) in [5.74, 6) is 0. The molecule has 0 saturated heterocycles. The first-order valence-corrected chi connectivity index (χ1v) is 4.83. The van der Waals surface area contributed by atoms with E-state index in [1.807, 2.05) is 0 Å². The van der Waals surface area contributed by atoms with Crippen LogP contribution in [0.3, 0.4) is 0 Å². The van der Waals surface area contributed by atoms with Crippen molar-refractivity contribution in [2.24, 2.45) is 0 Å². The van der Waals surface area contributed by atoms with Crippen LogP contribution in [0, 0.1) is 0 Å². The molecule has 0 amide bonds. The fourth-order valence-corrected chi connectivity index (χ4v) is 1.55. The maximum absolute atomic E-state index is 12.7. The molecule has 0 aromatic heterocycles. The van der Waals surface area contributed by atoms with Crippen molar-refractivity contribution < 1.29 is 17.9 Å². The van der Waals surface area contributed by atoms with Crippen molar-refractivity contribution in [1.29, 1.82) is 0 Å². The molecule has 0 fully saturated rings. The summed E-state index contributed by atoms with van der Waals surface area (Å²) in [5, 5.41) is 2.81. The molecular weight excluding hydrogens is 219 g/mol. The summed E-state index contributed by atoms with van der Waals surface area (Å²) in [4.78, 5) is 0. The lowest BCUT2D eigenvalue weighted by atomic mass is 10.0. The Morgan fingerprint density at radius 2 is 1.94 bits per heavy atom. The number of alkyl halides is 3. The van der Waals surface area contributed by atoms with Gasteiger partial charge in [-0.2, -0.15) is 13.2 Å². The van der Waals surface area contributed by atoms with Gasteiger partial charge in [-0.25, -0.2) is 0 Å². The van der Waals surface area contributed by atoms with Crippen LogP contribution in [0.5, 0.6) is 0 Å². The Labute approximate surface area is 92.4 Å². The number of rotatable bonds is 4. The Balaban J connectivity index is 3.11. The summed E-state index contributed by atoms with van der Waals surface area (Å²) >= 11 is 0. The van der Waals surface area contributed by atoms with Gasteiger partial charge in [0.05, 0.1) is 18.2 Å². The average Bonchev–Trinajstić information content (AvgIpc) is 2.25. The van der Waals surface area contributed by atoms with E-state index in [1.165, 1.54) is 19.2 Å². The molecule has 0 aliphatic heterocycles. The van der Waals surface area contributed by atoms with Crippen molar-refractivity contribution in [3.63, 3.8) is 0 Å². The lowest BCUT2D eigenvalue weighted by molar-refractivity contribution is -0.138. The van der Waals surface area contributed by atoms with Crippen molar-refractivity contribution in [2.75, 3.05) is 20.8 Å². The third-order valence-corrected chi connectivity index (χ3v) is 2.32. The maximum Gasteiger partial charge on any atom is 0.416 e. The molecule has 0 aliphatic rings. The summed E-state index contributed by atoms with van der Waals surface area (Å²) in [7, 11) is 3.07. The van der Waals surface area contributed by atoms with Crippen LogP contribution in [0.25, 0.3) is 0 Å². The predicted molar refractivity (Wildman–Crippen MR) is 55.1 cm³/mol. The highest BCUT2D eigenvalue weighted by molar-refractivity contribution is 5.32. The minimum absolute atomic E-state index is 0.198. The van der Waals surface area contributed by atoms with Gasteiger partial charge in [0.25, 0.3) is 0 Å². The molecule has 1 N–H and O–H groups in total. The number of hydrogen-bond donors (Lipinski definition) is 1. The summed E-state index contributed by atoms with van der Waals surface area (Å²) in [5.41, 5.74) is -0.411. The Morgan fingerprint density at radius 1 is 1.31 bits per heavy atom. The van der Waals surface area contributed by atoms with Crippen LogP contribution in [0.15, 0.2) is 24.3 Å². The van der Waals surface area contributed by atoms with E-state index in [0.717, 1.165) is 6.07 Å². The SMILES string of the molecule is CNC(COC)c1ccccc1C(F)(F)F. The van der Waals surface area contributed by atoms with Gasteiger partial charge in [0.2, 0.25) is 0 Å². The van der Waals surface area contributed by atoms with Gasteiger partial charge >= 0.3 is 6.18 Å². The third-order valence-electron chi connectivity index (χ3n) is 2.32. The molecule has 2 nitrogen and oxygen atoms in total. The minimum Gasteiger partial charge on any atom is -0.383 e. The van der Waals surface area contributed by atoms with Crippen LogP contribution in [0.2, 0.25) is 0 Å². The zero-order chi connectivity index (χ0) is 12.2. The van der Waals surface area contributed by atoms with E-state index in [0.29, 0.717) is 0 Å². The van der Waals surface area contributed by atoms with Gasteiger partial charge in [0.15, 0.2) is 0 Å². The normalized spacial score (nSPS) is 13.8. The molecule has 0 spiro atoms. The van der Waals surface area contributed by atoms with E-state index in [2.05, 4.69) is 5.32 Å². The van der Waals surface area contributed by atoms with Crippen LogP contribution in [0.4, 0.5) is 13.2 Å². The quantitative estimate of drug-likeness (QED) is 0.863. The first-order valence-electron chi connectivity index (χ1n) is 4.83. The highest BCUT2D eigenvalue weighted by atomic mass is 19.4. The molecule has 1 atom stereocenters. The van der Waals surface area contributed by atoms with Crippen molar-refractivity contribution in [3.05, 3.63) is 35.4 Å². The van der Waals surface area contributed by atoms with E-state index >= 15 is 0 Å². The zero-order valence-corrected chi connectivity index (χ0v) is 9.14. The zero-order valence-electron chi connectivity index (χ0n) is 9.14. The second-order valence-corrected chi connectivity index (χ2v) is 3.38. The summed E-state index contributed by atoms with van der Waals surface area (Å²) < 4.78 is 43.0. The average molecular weight is 233 g/mol. The van der Waals surface area contributed by atoms with Gasteiger partial charge in [0, 0.05) is 7.11 Å². The molecule has 1 unspecified atom stereocenters. The van der Waals surface area contributed by atoms with Crippen molar-refractivity contribution >= 4 is 0 Å². The molecule has 5 heteroatoms. The minimum atomic E-state index is -4.33. The van der Waals surface area contributed by atoms with E-state index in [-0.39, 0.29) is 12.2 Å². The first-order chi connectivity index (χ1) is 7.50. The van der Waals surface area contributed by atoms with Crippen LogP contribution >= 0.6 is 0 Å². The topological polar surface area (TPSA) is 21.3 Å². The molecule has 16 heavy (non-hydrogen) atoms. The number of likely N-dealkylation sites (N-methyl/N-ethyl adjacent to an activating group) is 1. The predicted octanol–water partition coefficient (Wildman–Crippen LogP) is 2.61. The van der Waals surface area contributed by atoms with Crippen LogP contribution < -0.4 is 5.32 Å². The second-order valence-electron chi connectivity index (χ2n) is 3.38. The number of nitrogens with one attached hydrogen (secondary N) is 1. The fraction of sp³-hybridized carbons (Fsp3) is 0.455. The summed E-state index contributed by atoms with van der Waals surface area (Å²) in [6.07, 6.45) is -4.33. The molecular formula is C11H14F3NO. The molecule has 1 rings (SSSR count). The van der Waals surface area contributed by atoms with E-state index in [1.54, 1.807) is 13.1 Å². The molecule has 0 radical (unpaired) electrons. The van der Waals surface area contributed by atoms with Crippen LogP contribution in [-0.4, -0.2) is 20.8 Å². The maximum atomic E-state index is 12.7. The highest BCUT2D eigenvalue weighted by Crippen LogP contribution is 2.34. The van der Waals surface area contributed by atoms with Crippen molar-refractivity contribution in [2.45, 2.75) is 12.2 Å². The Bertz CT molecular complexity index is 338. The number of ether oxygens (including phenoxy) is 1. The highest BCUT2D eigenvalue weighted by Gasteiger charge is 2.34. The fourth-order valence-electron chi connectivity index (χ4n) is 1.55. The lowest BCUT2D eigenvalue weighted by Crippen LogP contribution is -2.24. The Kier molecular flexibility index (Phi) is 4.32. The Morgan fingerprint density at radius 3 is 2.44 bits per heavy atom. The van der Waals surface area contributed by atoms with Gasteiger partial charge in [-0.3, -0.25) is 0 Å². The molecule has 0 heterocycles. The molecule has 0 bridgehead atoms. The molecule has 90 valence electrons. The molecule has 0 aliphatic carbocycles. The summed E-state index contributed by atoms with van der Waals surface area (Å²) in [6.45, 7) is 0.198. The van der Waals surface area contributed by atoms with E-state index < -0.39 is 17.8 Å². The second kappa shape index (κ2) is 5.32. The number of halogens is 3. The molecule has 1 aromatic carbocycles. The van der Waals surface area contributed by atoms with Crippen molar-refractivity contribution in [1.82, 2.24) is 5.32 Å². The lowest BCUT2D eigenvalue weighted by Gasteiger charge is -2.20. The number of hydrogen-bond acceptors (Lipinski definition) is 2. The Hall–Kier alpha value is -1.07. The number of methoxy groups -OCH3 is 1. The third kappa shape index (κ3) is 2.96.